The third kappa shape index (κ3) is 4.83. The third-order valence-electron chi connectivity index (χ3n) is 4.93. The van der Waals surface area contributed by atoms with Gasteiger partial charge in [-0.25, -0.2) is 0 Å². The van der Waals surface area contributed by atoms with Crippen molar-refractivity contribution in [3.63, 3.8) is 0 Å². The van der Waals surface area contributed by atoms with E-state index in [4.69, 9.17) is 0 Å². The topological polar surface area (TPSA) is 45.7 Å². The van der Waals surface area contributed by atoms with Gasteiger partial charge in [0.15, 0.2) is 6.04 Å². The molecule has 0 aliphatic heterocycles. The lowest BCUT2D eigenvalue weighted by molar-refractivity contribution is -0.697. The van der Waals surface area contributed by atoms with Gasteiger partial charge in [-0.15, -0.1) is 0 Å². The molecule has 3 N–H and O–H groups in total. The molecule has 0 unspecified atom stereocenters. The molecule has 27 heavy (non-hydrogen) atoms. The fourth-order valence-corrected chi connectivity index (χ4v) is 3.22. The zero-order valence-electron chi connectivity index (χ0n) is 16.2. The van der Waals surface area contributed by atoms with E-state index in [0.29, 0.717) is 0 Å². The first-order chi connectivity index (χ1) is 13.0. The molecule has 0 aliphatic carbocycles. The van der Waals surface area contributed by atoms with Gasteiger partial charge in [-0.2, -0.15) is 0 Å². The maximum atomic E-state index is 13.1. The minimum Gasteiger partial charge on any atom is -0.328 e. The zero-order chi connectivity index (χ0) is 19.2. The molecule has 1 amide bonds. The summed E-state index contributed by atoms with van der Waals surface area (Å²) in [5, 5.41) is 5.24. The van der Waals surface area contributed by atoms with Gasteiger partial charge in [0.1, 0.15) is 6.54 Å². The SMILES string of the molecule is Cc1ccc(C)c(NC(=O)[C@@H]([NH2+]Cc2ccccc2C)c2ccccc2)c1. The van der Waals surface area contributed by atoms with Gasteiger partial charge in [0.2, 0.25) is 0 Å². The largest absolute Gasteiger partial charge is 0.328 e. The van der Waals surface area contributed by atoms with Gasteiger partial charge in [-0.3, -0.25) is 4.79 Å². The molecule has 0 saturated heterocycles. The standard InChI is InChI=1S/C24H26N2O/c1-17-13-14-19(3)22(15-17)26-24(27)23(20-10-5-4-6-11-20)25-16-21-12-8-7-9-18(21)2/h4-15,23,25H,16H2,1-3H3,(H,26,27)/p+1/t23-/m0/s1. The number of quaternary nitrogens is 1. The molecule has 3 aromatic carbocycles. The van der Waals surface area contributed by atoms with E-state index in [1.807, 2.05) is 68.4 Å². The lowest BCUT2D eigenvalue weighted by Gasteiger charge is -2.18. The van der Waals surface area contributed by atoms with Gasteiger partial charge in [-0.05, 0) is 43.5 Å². The lowest BCUT2D eigenvalue weighted by atomic mass is 10.0. The van der Waals surface area contributed by atoms with Gasteiger partial charge < -0.3 is 10.6 Å². The zero-order valence-corrected chi connectivity index (χ0v) is 16.2. The van der Waals surface area contributed by atoms with Crippen LogP contribution in [0.15, 0.2) is 72.8 Å². The van der Waals surface area contributed by atoms with E-state index >= 15 is 0 Å². The Morgan fingerprint density at radius 2 is 1.59 bits per heavy atom. The Kier molecular flexibility index (Phi) is 6.05. The third-order valence-corrected chi connectivity index (χ3v) is 4.93. The number of hydrogen-bond donors (Lipinski definition) is 2. The molecule has 0 aliphatic rings. The number of carbonyl (C=O) groups excluding carboxylic acids is 1. The van der Waals surface area contributed by atoms with Crippen LogP contribution >= 0.6 is 0 Å². The number of hydrogen-bond acceptors (Lipinski definition) is 1. The first-order valence-corrected chi connectivity index (χ1v) is 9.35. The first kappa shape index (κ1) is 18.9. The average molecular weight is 359 g/mol. The predicted molar refractivity (Wildman–Crippen MR) is 111 cm³/mol. The molecule has 3 aromatic rings. The number of benzene rings is 3. The Morgan fingerprint density at radius 3 is 2.33 bits per heavy atom. The highest BCUT2D eigenvalue weighted by Gasteiger charge is 2.24. The smallest absolute Gasteiger partial charge is 0.287 e. The molecule has 3 heteroatoms. The Balaban J connectivity index is 1.82. The van der Waals surface area contributed by atoms with E-state index < -0.39 is 0 Å². The fourth-order valence-electron chi connectivity index (χ4n) is 3.22. The number of amides is 1. The van der Waals surface area contributed by atoms with Crippen LogP contribution in [0.3, 0.4) is 0 Å². The predicted octanol–water partition coefficient (Wildman–Crippen LogP) is 4.06. The molecule has 0 spiro atoms. The molecule has 0 fully saturated rings. The minimum absolute atomic E-state index is 0.00323. The molecule has 3 nitrogen and oxygen atoms in total. The van der Waals surface area contributed by atoms with E-state index in [1.165, 1.54) is 11.1 Å². The summed E-state index contributed by atoms with van der Waals surface area (Å²) in [7, 11) is 0. The number of nitrogens with two attached hydrogens (primary N) is 1. The average Bonchev–Trinajstić information content (AvgIpc) is 2.67. The Labute approximate surface area is 161 Å². The van der Waals surface area contributed by atoms with Crippen molar-refractivity contribution in [2.75, 3.05) is 5.32 Å². The first-order valence-electron chi connectivity index (χ1n) is 9.35. The molecule has 0 bridgehead atoms. The quantitative estimate of drug-likeness (QED) is 0.685. The van der Waals surface area contributed by atoms with Crippen molar-refractivity contribution in [3.8, 4) is 0 Å². The van der Waals surface area contributed by atoms with Crippen molar-refractivity contribution in [1.29, 1.82) is 0 Å². The van der Waals surface area contributed by atoms with Crippen LogP contribution in [0.4, 0.5) is 5.69 Å². The second-order valence-electron chi connectivity index (χ2n) is 7.06. The molecule has 1 atom stereocenters. The van der Waals surface area contributed by atoms with Crippen LogP contribution < -0.4 is 10.6 Å². The molecular formula is C24H27N2O+. The Hall–Kier alpha value is -2.91. The maximum absolute atomic E-state index is 13.1. The number of aryl methyl sites for hydroxylation is 3. The number of carbonyl (C=O) groups is 1. The van der Waals surface area contributed by atoms with E-state index in [2.05, 4.69) is 35.8 Å². The van der Waals surface area contributed by atoms with Crippen molar-refractivity contribution in [1.82, 2.24) is 0 Å². The molecule has 0 heterocycles. The lowest BCUT2D eigenvalue weighted by Crippen LogP contribution is -2.85. The van der Waals surface area contributed by atoms with Gasteiger partial charge >= 0.3 is 0 Å². The monoisotopic (exact) mass is 359 g/mol. The molecule has 138 valence electrons. The summed E-state index contributed by atoms with van der Waals surface area (Å²) < 4.78 is 0. The fraction of sp³-hybridized carbons (Fsp3) is 0.208. The normalized spacial score (nSPS) is 11.8. The number of nitrogens with one attached hydrogen (secondary N) is 1. The van der Waals surface area contributed by atoms with Crippen LogP contribution in [0.5, 0.6) is 0 Å². The second-order valence-corrected chi connectivity index (χ2v) is 7.06. The summed E-state index contributed by atoms with van der Waals surface area (Å²) in [6.07, 6.45) is 0. The highest BCUT2D eigenvalue weighted by atomic mass is 16.2. The molecule has 0 radical (unpaired) electrons. The van der Waals surface area contributed by atoms with Gasteiger partial charge in [0.05, 0.1) is 0 Å². The summed E-state index contributed by atoms with van der Waals surface area (Å²) in [5.74, 6) is 0.00323. The summed E-state index contributed by atoms with van der Waals surface area (Å²) in [6.45, 7) is 6.92. The highest BCUT2D eigenvalue weighted by molar-refractivity contribution is 5.95. The second kappa shape index (κ2) is 8.65. The van der Waals surface area contributed by atoms with Gasteiger partial charge in [-0.1, -0.05) is 66.7 Å². The van der Waals surface area contributed by atoms with Crippen molar-refractivity contribution in [3.05, 3.63) is 101 Å². The summed E-state index contributed by atoms with van der Waals surface area (Å²) in [4.78, 5) is 13.1. The van der Waals surface area contributed by atoms with Crippen LogP contribution in [0.1, 0.15) is 33.9 Å². The van der Waals surface area contributed by atoms with Crippen LogP contribution in [0, 0.1) is 20.8 Å². The minimum atomic E-state index is -0.300. The van der Waals surface area contributed by atoms with Crippen LogP contribution in [-0.4, -0.2) is 5.91 Å². The highest BCUT2D eigenvalue weighted by Crippen LogP contribution is 2.19. The van der Waals surface area contributed by atoms with Crippen LogP contribution in [-0.2, 0) is 11.3 Å². The van der Waals surface area contributed by atoms with Crippen molar-refractivity contribution in [2.24, 2.45) is 0 Å². The van der Waals surface area contributed by atoms with Crippen LogP contribution in [0.25, 0.3) is 0 Å². The summed E-state index contributed by atoms with van der Waals surface area (Å²) >= 11 is 0. The van der Waals surface area contributed by atoms with Gasteiger partial charge in [0, 0.05) is 16.8 Å². The van der Waals surface area contributed by atoms with Crippen LogP contribution in [0.2, 0.25) is 0 Å². The van der Waals surface area contributed by atoms with Crippen molar-refractivity contribution in [2.45, 2.75) is 33.4 Å². The van der Waals surface area contributed by atoms with E-state index in [-0.39, 0.29) is 11.9 Å². The van der Waals surface area contributed by atoms with E-state index in [0.717, 1.165) is 28.9 Å². The Bertz CT molecular complexity index is 919. The van der Waals surface area contributed by atoms with E-state index in [1.54, 1.807) is 0 Å². The van der Waals surface area contributed by atoms with Crippen molar-refractivity contribution >= 4 is 11.6 Å². The molecule has 3 rings (SSSR count). The van der Waals surface area contributed by atoms with E-state index in [9.17, 15) is 4.79 Å². The Morgan fingerprint density at radius 1 is 0.889 bits per heavy atom. The summed E-state index contributed by atoms with van der Waals surface area (Å²) in [6, 6.07) is 24.1. The summed E-state index contributed by atoms with van der Waals surface area (Å²) in [5.41, 5.74) is 6.59. The van der Waals surface area contributed by atoms with Crippen molar-refractivity contribution < 1.29 is 10.1 Å². The molecular weight excluding hydrogens is 332 g/mol. The number of rotatable bonds is 6. The maximum Gasteiger partial charge on any atom is 0.287 e. The molecule has 0 aromatic heterocycles. The van der Waals surface area contributed by atoms with Gasteiger partial charge in [0.25, 0.3) is 5.91 Å². The number of anilines is 1. The molecule has 0 saturated carbocycles.